The predicted octanol–water partition coefficient (Wildman–Crippen LogP) is 3.70. The van der Waals surface area contributed by atoms with Gasteiger partial charge >= 0.3 is 0 Å². The van der Waals surface area contributed by atoms with Gasteiger partial charge in [-0.25, -0.2) is 0 Å². The molecule has 1 saturated heterocycles. The fraction of sp³-hybridized carbons (Fsp3) is 0.174. The van der Waals surface area contributed by atoms with Gasteiger partial charge in [-0.3, -0.25) is 9.69 Å². The van der Waals surface area contributed by atoms with Crippen molar-refractivity contribution in [2.45, 2.75) is 12.7 Å². The first kappa shape index (κ1) is 18.1. The average Bonchev–Trinajstić information content (AvgIpc) is 3.09. The van der Waals surface area contributed by atoms with E-state index in [-0.39, 0.29) is 17.8 Å². The van der Waals surface area contributed by atoms with E-state index in [1.807, 2.05) is 24.3 Å². The van der Waals surface area contributed by atoms with Gasteiger partial charge in [0, 0.05) is 6.54 Å². The van der Waals surface area contributed by atoms with Crippen LogP contribution in [0.2, 0.25) is 0 Å². The number of ether oxygens (including phenoxy) is 1. The van der Waals surface area contributed by atoms with Gasteiger partial charge in [0.15, 0.2) is 11.5 Å². The van der Waals surface area contributed by atoms with Crippen molar-refractivity contribution in [3.8, 4) is 22.6 Å². The van der Waals surface area contributed by atoms with Gasteiger partial charge in [0.25, 0.3) is 0 Å². The highest BCUT2D eigenvalue weighted by atomic mass is 16.5. The first-order valence-electron chi connectivity index (χ1n) is 9.19. The topological polar surface area (TPSA) is 61.8 Å². The monoisotopic (exact) mass is 374 g/mol. The third-order valence-electron chi connectivity index (χ3n) is 4.97. The molecular formula is C23H22N2O3. The Morgan fingerprint density at radius 1 is 1.04 bits per heavy atom. The van der Waals surface area contributed by atoms with Crippen LogP contribution >= 0.6 is 0 Å². The number of hydrogen-bond acceptors (Lipinski definition) is 4. The Balaban J connectivity index is 1.53. The summed E-state index contributed by atoms with van der Waals surface area (Å²) in [4.78, 5) is 14.1. The number of rotatable bonds is 5. The van der Waals surface area contributed by atoms with Crippen LogP contribution in [0.25, 0.3) is 11.1 Å². The van der Waals surface area contributed by atoms with E-state index in [2.05, 4.69) is 46.6 Å². The fourth-order valence-corrected chi connectivity index (χ4v) is 3.55. The van der Waals surface area contributed by atoms with Gasteiger partial charge in [0.2, 0.25) is 5.91 Å². The SMILES string of the molecule is COc1ccc(C2NC(=O)CN2Cc2ccc(-c3ccccc3)cc2)cc1O. The van der Waals surface area contributed by atoms with E-state index in [4.69, 9.17) is 4.74 Å². The lowest BCUT2D eigenvalue weighted by Crippen LogP contribution is -2.27. The number of nitrogens with one attached hydrogen (secondary N) is 1. The maximum absolute atomic E-state index is 12.0. The quantitative estimate of drug-likeness (QED) is 0.715. The average molecular weight is 374 g/mol. The summed E-state index contributed by atoms with van der Waals surface area (Å²) in [5, 5.41) is 13.1. The second-order valence-corrected chi connectivity index (χ2v) is 6.87. The number of benzene rings is 3. The third-order valence-corrected chi connectivity index (χ3v) is 4.97. The molecule has 28 heavy (non-hydrogen) atoms. The van der Waals surface area contributed by atoms with Crippen LogP contribution in [-0.4, -0.2) is 29.6 Å². The molecule has 1 fully saturated rings. The minimum Gasteiger partial charge on any atom is -0.504 e. The molecule has 0 radical (unpaired) electrons. The van der Waals surface area contributed by atoms with Crippen LogP contribution in [0.4, 0.5) is 0 Å². The van der Waals surface area contributed by atoms with Crippen molar-refractivity contribution in [3.63, 3.8) is 0 Å². The molecule has 1 aliphatic heterocycles. The molecular weight excluding hydrogens is 352 g/mol. The number of hydrogen-bond donors (Lipinski definition) is 2. The molecule has 2 N–H and O–H groups in total. The standard InChI is InChI=1S/C23H22N2O3/c1-28-21-12-11-19(13-20(21)26)23-24-22(27)15-25(23)14-16-7-9-18(10-8-16)17-5-3-2-4-6-17/h2-13,23,26H,14-15H2,1H3,(H,24,27). The molecule has 142 valence electrons. The largest absolute Gasteiger partial charge is 0.504 e. The number of amides is 1. The van der Waals surface area contributed by atoms with Gasteiger partial charge in [-0.05, 0) is 34.4 Å². The van der Waals surface area contributed by atoms with Gasteiger partial charge < -0.3 is 15.2 Å². The molecule has 5 heteroatoms. The van der Waals surface area contributed by atoms with Crippen molar-refractivity contribution < 1.29 is 14.6 Å². The second kappa shape index (κ2) is 7.74. The van der Waals surface area contributed by atoms with Crippen LogP contribution < -0.4 is 10.1 Å². The molecule has 0 aliphatic carbocycles. The van der Waals surface area contributed by atoms with Crippen LogP contribution in [0.3, 0.4) is 0 Å². The van der Waals surface area contributed by atoms with Crippen LogP contribution in [0, 0.1) is 0 Å². The van der Waals surface area contributed by atoms with Crippen molar-refractivity contribution in [3.05, 3.63) is 83.9 Å². The van der Waals surface area contributed by atoms with Crippen molar-refractivity contribution in [2.24, 2.45) is 0 Å². The Morgan fingerprint density at radius 2 is 1.75 bits per heavy atom. The van der Waals surface area contributed by atoms with E-state index < -0.39 is 0 Å². The number of methoxy groups -OCH3 is 1. The van der Waals surface area contributed by atoms with Gasteiger partial charge in [-0.1, -0.05) is 60.7 Å². The number of carbonyl (C=O) groups is 1. The number of phenolic OH excluding ortho intramolecular Hbond substituents is 1. The minimum atomic E-state index is -0.280. The molecule has 1 aliphatic rings. The highest BCUT2D eigenvalue weighted by Crippen LogP contribution is 2.32. The van der Waals surface area contributed by atoms with Crippen molar-refractivity contribution >= 4 is 5.91 Å². The van der Waals surface area contributed by atoms with Gasteiger partial charge in [0.05, 0.1) is 13.7 Å². The summed E-state index contributed by atoms with van der Waals surface area (Å²) < 4.78 is 5.10. The van der Waals surface area contributed by atoms with E-state index in [1.54, 1.807) is 12.1 Å². The summed E-state index contributed by atoms with van der Waals surface area (Å²) in [6.07, 6.45) is -0.280. The molecule has 1 atom stereocenters. The fourth-order valence-electron chi connectivity index (χ4n) is 3.55. The van der Waals surface area contributed by atoms with E-state index in [0.29, 0.717) is 18.8 Å². The molecule has 0 saturated carbocycles. The van der Waals surface area contributed by atoms with E-state index in [1.165, 1.54) is 12.7 Å². The lowest BCUT2D eigenvalue weighted by molar-refractivity contribution is -0.118. The predicted molar refractivity (Wildman–Crippen MR) is 108 cm³/mol. The normalized spacial score (nSPS) is 16.8. The molecule has 4 rings (SSSR count). The number of carbonyl (C=O) groups excluding carboxylic acids is 1. The second-order valence-electron chi connectivity index (χ2n) is 6.87. The summed E-state index contributed by atoms with van der Waals surface area (Å²) in [7, 11) is 1.51. The summed E-state index contributed by atoms with van der Waals surface area (Å²) in [6.45, 7) is 0.948. The Labute approximate surface area is 164 Å². The molecule has 5 nitrogen and oxygen atoms in total. The first-order valence-corrected chi connectivity index (χ1v) is 9.19. The maximum atomic E-state index is 12.0. The summed E-state index contributed by atoms with van der Waals surface area (Å²) in [6, 6.07) is 23.8. The molecule has 0 aromatic heterocycles. The molecule has 3 aromatic rings. The zero-order valence-electron chi connectivity index (χ0n) is 15.6. The lowest BCUT2D eigenvalue weighted by Gasteiger charge is -2.24. The summed E-state index contributed by atoms with van der Waals surface area (Å²) in [5.74, 6) is 0.450. The maximum Gasteiger partial charge on any atom is 0.235 e. The molecule has 1 amide bonds. The number of aromatic hydroxyl groups is 1. The molecule has 0 bridgehead atoms. The van der Waals surface area contributed by atoms with Crippen LogP contribution in [0.5, 0.6) is 11.5 Å². The molecule has 0 spiro atoms. The number of nitrogens with zero attached hydrogens (tertiary/aromatic N) is 1. The van der Waals surface area contributed by atoms with Gasteiger partial charge in [-0.15, -0.1) is 0 Å². The van der Waals surface area contributed by atoms with Crippen LogP contribution in [0.1, 0.15) is 17.3 Å². The molecule has 1 unspecified atom stereocenters. The highest BCUT2D eigenvalue weighted by molar-refractivity contribution is 5.80. The van der Waals surface area contributed by atoms with Crippen molar-refractivity contribution in [1.82, 2.24) is 10.2 Å². The Kier molecular flexibility index (Phi) is 5.00. The summed E-state index contributed by atoms with van der Waals surface area (Å²) >= 11 is 0. The smallest absolute Gasteiger partial charge is 0.235 e. The lowest BCUT2D eigenvalue weighted by atomic mass is 10.0. The van der Waals surface area contributed by atoms with Crippen LogP contribution in [-0.2, 0) is 11.3 Å². The third kappa shape index (κ3) is 3.70. The molecule has 3 aromatic carbocycles. The van der Waals surface area contributed by atoms with E-state index in [0.717, 1.165) is 16.7 Å². The van der Waals surface area contributed by atoms with E-state index >= 15 is 0 Å². The van der Waals surface area contributed by atoms with E-state index in [9.17, 15) is 9.90 Å². The highest BCUT2D eigenvalue weighted by Gasteiger charge is 2.31. The van der Waals surface area contributed by atoms with Crippen LogP contribution in [0.15, 0.2) is 72.8 Å². The van der Waals surface area contributed by atoms with Crippen molar-refractivity contribution in [2.75, 3.05) is 13.7 Å². The van der Waals surface area contributed by atoms with Gasteiger partial charge in [0.1, 0.15) is 6.17 Å². The number of phenols is 1. The zero-order valence-corrected chi connectivity index (χ0v) is 15.6. The molecule has 1 heterocycles. The Morgan fingerprint density at radius 3 is 2.43 bits per heavy atom. The Hall–Kier alpha value is -3.31. The zero-order chi connectivity index (χ0) is 19.5. The minimum absolute atomic E-state index is 0.0267. The Bertz CT molecular complexity index is 971. The summed E-state index contributed by atoms with van der Waals surface area (Å²) in [5.41, 5.74) is 4.29. The van der Waals surface area contributed by atoms with Gasteiger partial charge in [-0.2, -0.15) is 0 Å². The van der Waals surface area contributed by atoms with Crippen molar-refractivity contribution in [1.29, 1.82) is 0 Å². The first-order chi connectivity index (χ1) is 13.6.